The van der Waals surface area contributed by atoms with Crippen LogP contribution in [-0.2, 0) is 6.42 Å². The van der Waals surface area contributed by atoms with E-state index < -0.39 is 31.0 Å². The summed E-state index contributed by atoms with van der Waals surface area (Å²) in [4.78, 5) is 22.3. The maximum atomic E-state index is 13.5. The Morgan fingerprint density at radius 3 is 2.81 bits per heavy atom. The number of hydrogen-bond acceptors (Lipinski definition) is 8. The van der Waals surface area contributed by atoms with Crippen molar-refractivity contribution in [2.45, 2.75) is 25.6 Å². The second-order valence-electron chi connectivity index (χ2n) is 7.94. The molecule has 1 unspecified atom stereocenters. The Morgan fingerprint density at radius 2 is 2.03 bits per heavy atom. The second kappa shape index (κ2) is 8.72. The fourth-order valence-corrected chi connectivity index (χ4v) is 4.23. The van der Waals surface area contributed by atoms with Gasteiger partial charge < -0.3 is 19.0 Å². The van der Waals surface area contributed by atoms with E-state index in [0.717, 1.165) is 11.9 Å². The Labute approximate surface area is 203 Å². The number of alkyl halides is 4. The van der Waals surface area contributed by atoms with Gasteiger partial charge in [0.25, 0.3) is 5.89 Å². The topological polar surface area (TPSA) is 132 Å². The van der Waals surface area contributed by atoms with Gasteiger partial charge in [0.2, 0.25) is 0 Å². The van der Waals surface area contributed by atoms with Crippen molar-refractivity contribution >= 4 is 11.4 Å². The minimum absolute atomic E-state index is 0.0245. The summed E-state index contributed by atoms with van der Waals surface area (Å²) in [5.74, 6) is -1.35. The molecular formula is C21H15F4N9O3. The van der Waals surface area contributed by atoms with Crippen LogP contribution in [0.3, 0.4) is 0 Å². The number of imidazole rings is 1. The second-order valence-corrected chi connectivity index (χ2v) is 7.94. The van der Waals surface area contributed by atoms with Crippen LogP contribution in [0.15, 0.2) is 47.4 Å². The molecule has 190 valence electrons. The number of aromatic amines is 1. The maximum Gasteiger partial charge on any atom is 0.387 e. The number of amides is 1. The van der Waals surface area contributed by atoms with E-state index in [0.29, 0.717) is 22.5 Å². The normalized spacial score (nSPS) is 15.6. The van der Waals surface area contributed by atoms with Gasteiger partial charge >= 0.3 is 25.0 Å². The van der Waals surface area contributed by atoms with Gasteiger partial charge in [0.05, 0.1) is 17.7 Å². The summed E-state index contributed by atoms with van der Waals surface area (Å²) in [6, 6.07) is 4.84. The number of ether oxygens (including phenoxy) is 1. The van der Waals surface area contributed by atoms with E-state index in [4.69, 9.17) is 4.42 Å². The first-order valence-corrected chi connectivity index (χ1v) is 10.8. The molecule has 0 fully saturated rings. The highest BCUT2D eigenvalue weighted by Gasteiger charge is 2.38. The quantitative estimate of drug-likeness (QED) is 0.340. The summed E-state index contributed by atoms with van der Waals surface area (Å²) in [7, 11) is 0. The van der Waals surface area contributed by atoms with E-state index in [9.17, 15) is 22.4 Å². The minimum Gasteiger partial charge on any atom is -0.433 e. The fourth-order valence-electron chi connectivity index (χ4n) is 4.23. The lowest BCUT2D eigenvalue weighted by molar-refractivity contribution is -0.0490. The van der Waals surface area contributed by atoms with Crippen LogP contribution in [0.4, 0.5) is 17.6 Å². The lowest BCUT2D eigenvalue weighted by Crippen LogP contribution is -2.41. The number of halogens is 4. The molecule has 37 heavy (non-hydrogen) atoms. The molecule has 6 heterocycles. The van der Waals surface area contributed by atoms with Crippen molar-refractivity contribution in [3.05, 3.63) is 66.0 Å². The number of pyridine rings is 1. The third-order valence-electron chi connectivity index (χ3n) is 5.80. The molecule has 6 rings (SSSR count). The number of rotatable bonds is 6. The smallest absolute Gasteiger partial charge is 0.387 e. The van der Waals surface area contributed by atoms with E-state index in [1.165, 1.54) is 40.0 Å². The molecule has 1 aliphatic rings. The number of nitrogens with zero attached hydrogens (tertiary/aromatic N) is 8. The molecule has 16 heteroatoms. The van der Waals surface area contributed by atoms with E-state index in [-0.39, 0.29) is 29.4 Å². The predicted octanol–water partition coefficient (Wildman–Crippen LogP) is 3.09. The van der Waals surface area contributed by atoms with Gasteiger partial charge in [0, 0.05) is 31.1 Å². The monoisotopic (exact) mass is 517 g/mol. The molecule has 12 nitrogen and oxygen atoms in total. The molecule has 0 aromatic carbocycles. The SMILES string of the molecule is O=C(c1nnc(-c2ccn(C(F)F)n2)o1)N1CCc2[nH]cnc2C1c1cc2c(OC(F)F)cccn2n1. The van der Waals surface area contributed by atoms with Gasteiger partial charge in [-0.25, -0.2) is 14.2 Å². The first-order valence-electron chi connectivity index (χ1n) is 10.8. The fraction of sp³-hybridized carbons (Fsp3) is 0.238. The zero-order valence-electron chi connectivity index (χ0n) is 18.5. The summed E-state index contributed by atoms with van der Waals surface area (Å²) < 4.78 is 63.3. The first-order chi connectivity index (χ1) is 17.9. The van der Waals surface area contributed by atoms with Crippen LogP contribution in [0.5, 0.6) is 5.75 Å². The van der Waals surface area contributed by atoms with Crippen molar-refractivity contribution in [2.24, 2.45) is 0 Å². The average Bonchev–Trinajstić information content (AvgIpc) is 3.67. The zero-order chi connectivity index (χ0) is 25.7. The summed E-state index contributed by atoms with van der Waals surface area (Å²) >= 11 is 0. The van der Waals surface area contributed by atoms with Crippen LogP contribution in [0.2, 0.25) is 0 Å². The lowest BCUT2D eigenvalue weighted by Gasteiger charge is -2.32. The van der Waals surface area contributed by atoms with E-state index in [1.54, 1.807) is 6.20 Å². The maximum absolute atomic E-state index is 13.5. The van der Waals surface area contributed by atoms with Gasteiger partial charge in [-0.2, -0.15) is 27.8 Å². The van der Waals surface area contributed by atoms with E-state index in [2.05, 4.69) is 35.1 Å². The standard InChI is InChI=1S/C21H15F4N9O3/c22-20(23)34-7-4-11(30-34)17-28-29-18(37-17)19(35)32-6-3-10-15(27-9-26-10)16(32)12-8-13-14(36-21(24)25)2-1-5-33(13)31-12/h1-2,4-5,7-9,16,20-21H,3,6H2,(H,26,27). The molecule has 0 radical (unpaired) electrons. The van der Waals surface area contributed by atoms with Gasteiger partial charge in [0.1, 0.15) is 17.3 Å². The Morgan fingerprint density at radius 1 is 1.16 bits per heavy atom. The Balaban J connectivity index is 1.37. The third-order valence-corrected chi connectivity index (χ3v) is 5.80. The molecule has 5 aromatic heterocycles. The third kappa shape index (κ3) is 3.95. The average molecular weight is 517 g/mol. The molecule has 1 amide bonds. The molecule has 0 saturated heterocycles. The predicted molar refractivity (Wildman–Crippen MR) is 114 cm³/mol. The lowest BCUT2D eigenvalue weighted by atomic mass is 9.99. The minimum atomic E-state index is -3.03. The summed E-state index contributed by atoms with van der Waals surface area (Å²) in [5, 5.41) is 15.7. The number of fused-ring (bicyclic) bond motifs is 2. The van der Waals surface area contributed by atoms with Crippen LogP contribution < -0.4 is 4.74 Å². The van der Waals surface area contributed by atoms with Gasteiger partial charge in [-0.1, -0.05) is 0 Å². The Bertz CT molecular complexity index is 1590. The largest absolute Gasteiger partial charge is 0.433 e. The van der Waals surface area contributed by atoms with Crippen molar-refractivity contribution < 1.29 is 31.5 Å². The van der Waals surface area contributed by atoms with Crippen molar-refractivity contribution in [2.75, 3.05) is 6.54 Å². The molecule has 0 bridgehead atoms. The number of H-pyrrole nitrogens is 1. The molecule has 1 atom stereocenters. The van der Waals surface area contributed by atoms with Crippen LogP contribution in [0, 0.1) is 0 Å². The highest BCUT2D eigenvalue weighted by Crippen LogP contribution is 2.35. The molecule has 1 N–H and O–H groups in total. The highest BCUT2D eigenvalue weighted by molar-refractivity contribution is 5.90. The molecule has 0 saturated carbocycles. The number of carbonyl (C=O) groups excluding carboxylic acids is 1. The zero-order valence-corrected chi connectivity index (χ0v) is 18.5. The number of hydrogen-bond donors (Lipinski definition) is 1. The van der Waals surface area contributed by atoms with Gasteiger partial charge in [-0.3, -0.25) is 4.79 Å². The molecule has 0 spiro atoms. The van der Waals surface area contributed by atoms with Crippen LogP contribution in [0.25, 0.3) is 17.1 Å². The Hall–Kier alpha value is -4.76. The van der Waals surface area contributed by atoms with Crippen LogP contribution in [0.1, 0.15) is 40.4 Å². The number of carbonyl (C=O) groups is 1. The summed E-state index contributed by atoms with van der Waals surface area (Å²) in [5.41, 5.74) is 1.86. The molecule has 5 aromatic rings. The molecule has 1 aliphatic heterocycles. The first kappa shape index (κ1) is 22.7. The van der Waals surface area contributed by atoms with E-state index >= 15 is 0 Å². The van der Waals surface area contributed by atoms with Gasteiger partial charge in [-0.15, -0.1) is 10.2 Å². The molecular weight excluding hydrogens is 502 g/mol. The summed E-state index contributed by atoms with van der Waals surface area (Å²) in [6.07, 6.45) is 4.52. The van der Waals surface area contributed by atoms with Crippen LogP contribution >= 0.6 is 0 Å². The van der Waals surface area contributed by atoms with Gasteiger partial charge in [0.15, 0.2) is 5.75 Å². The summed E-state index contributed by atoms with van der Waals surface area (Å²) in [6.45, 7) is -5.67. The van der Waals surface area contributed by atoms with Crippen molar-refractivity contribution in [3.63, 3.8) is 0 Å². The van der Waals surface area contributed by atoms with Gasteiger partial charge in [-0.05, 0) is 24.3 Å². The van der Waals surface area contributed by atoms with Crippen LogP contribution in [-0.4, -0.2) is 63.5 Å². The number of nitrogens with one attached hydrogen (secondary N) is 1. The van der Waals surface area contributed by atoms with Crippen molar-refractivity contribution in [1.82, 2.24) is 44.5 Å². The molecule has 0 aliphatic carbocycles. The number of aromatic nitrogens is 8. The van der Waals surface area contributed by atoms with E-state index in [1.807, 2.05) is 0 Å². The highest BCUT2D eigenvalue weighted by atomic mass is 19.3. The van der Waals surface area contributed by atoms with Crippen molar-refractivity contribution in [1.29, 1.82) is 0 Å². The Kier molecular flexibility index (Phi) is 5.35. The van der Waals surface area contributed by atoms with Crippen molar-refractivity contribution in [3.8, 4) is 17.3 Å².